The Kier molecular flexibility index (Phi) is 5.83. The summed E-state index contributed by atoms with van der Waals surface area (Å²) in [7, 11) is 0. The molecule has 2 aromatic carbocycles. The Morgan fingerprint density at radius 2 is 1.94 bits per heavy atom. The minimum atomic E-state index is -0.361. The zero-order valence-corrected chi connectivity index (χ0v) is 17.7. The van der Waals surface area contributed by atoms with E-state index in [1.54, 1.807) is 23.5 Å². The standard InChI is InChI=1S/C24H21N7O2/c32-24(33-16-17-4-2-1-3-5-17)31-13-10-20(21-15-25-11-12-26-21)14-22(31)18-6-8-19(9-7-18)23-27-29-30-28-23/h1-12,15,22H,13-14,16H2,(H,27,28,29,30). The number of amides is 1. The number of carbonyl (C=O) groups excluding carboxylic acids is 1. The summed E-state index contributed by atoms with van der Waals surface area (Å²) in [4.78, 5) is 23.4. The van der Waals surface area contributed by atoms with Crippen molar-refractivity contribution in [2.75, 3.05) is 6.54 Å². The molecule has 1 amide bonds. The maximum absolute atomic E-state index is 13.1. The number of tetrazole rings is 1. The number of carbonyl (C=O) groups is 1. The van der Waals surface area contributed by atoms with Crippen LogP contribution in [0.15, 0.2) is 79.3 Å². The monoisotopic (exact) mass is 439 g/mol. The number of hydrogen-bond donors (Lipinski definition) is 1. The molecule has 0 spiro atoms. The average molecular weight is 439 g/mol. The molecule has 0 saturated carbocycles. The van der Waals surface area contributed by atoms with Gasteiger partial charge in [-0.2, -0.15) is 5.21 Å². The van der Waals surface area contributed by atoms with Crippen molar-refractivity contribution >= 4 is 11.7 Å². The summed E-state index contributed by atoms with van der Waals surface area (Å²) in [6.07, 6.45) is 7.31. The van der Waals surface area contributed by atoms with Crippen molar-refractivity contribution in [3.05, 3.63) is 96.1 Å². The largest absolute Gasteiger partial charge is 0.445 e. The summed E-state index contributed by atoms with van der Waals surface area (Å²) in [5.41, 5.74) is 4.62. The third-order valence-corrected chi connectivity index (χ3v) is 5.55. The molecule has 164 valence electrons. The number of nitrogens with one attached hydrogen (secondary N) is 1. The van der Waals surface area contributed by atoms with Gasteiger partial charge in [0.2, 0.25) is 5.82 Å². The Morgan fingerprint density at radius 1 is 1.09 bits per heavy atom. The number of H-pyrrole nitrogens is 1. The first-order valence-electron chi connectivity index (χ1n) is 10.5. The van der Waals surface area contributed by atoms with Gasteiger partial charge in [-0.05, 0) is 28.3 Å². The van der Waals surface area contributed by atoms with Gasteiger partial charge in [0, 0.05) is 24.5 Å². The Bertz CT molecular complexity index is 1230. The quantitative estimate of drug-likeness (QED) is 0.503. The van der Waals surface area contributed by atoms with Crippen LogP contribution in [0.1, 0.15) is 29.3 Å². The van der Waals surface area contributed by atoms with Gasteiger partial charge in [0.25, 0.3) is 0 Å². The number of hydrogen-bond acceptors (Lipinski definition) is 7. The zero-order valence-electron chi connectivity index (χ0n) is 17.7. The summed E-state index contributed by atoms with van der Waals surface area (Å²) in [5, 5.41) is 14.1. The lowest BCUT2D eigenvalue weighted by Gasteiger charge is -2.34. The van der Waals surface area contributed by atoms with Crippen LogP contribution in [0, 0.1) is 0 Å². The van der Waals surface area contributed by atoms with Gasteiger partial charge in [-0.1, -0.05) is 60.7 Å². The molecule has 0 radical (unpaired) electrons. The van der Waals surface area contributed by atoms with Crippen molar-refractivity contribution in [1.29, 1.82) is 0 Å². The molecule has 1 atom stereocenters. The lowest BCUT2D eigenvalue weighted by atomic mass is 9.92. The van der Waals surface area contributed by atoms with Gasteiger partial charge in [0.05, 0.1) is 17.9 Å². The lowest BCUT2D eigenvalue weighted by molar-refractivity contribution is 0.0839. The Labute approximate surface area is 190 Å². The maximum atomic E-state index is 13.1. The van der Waals surface area contributed by atoms with E-state index < -0.39 is 0 Å². The van der Waals surface area contributed by atoms with Crippen LogP contribution in [0.2, 0.25) is 0 Å². The summed E-state index contributed by atoms with van der Waals surface area (Å²) >= 11 is 0. The summed E-state index contributed by atoms with van der Waals surface area (Å²) < 4.78 is 5.64. The van der Waals surface area contributed by atoms with Gasteiger partial charge in [0.15, 0.2) is 0 Å². The van der Waals surface area contributed by atoms with Gasteiger partial charge in [-0.15, -0.1) is 10.2 Å². The van der Waals surface area contributed by atoms with E-state index in [2.05, 4.69) is 30.6 Å². The lowest BCUT2D eigenvalue weighted by Crippen LogP contribution is -2.38. The SMILES string of the molecule is O=C(OCc1ccccc1)N1CC=C(c2cnccn2)CC1c1ccc(-c2nn[nH]n2)cc1. The number of benzene rings is 2. The van der Waals surface area contributed by atoms with Crippen LogP contribution in [0.3, 0.4) is 0 Å². The molecular formula is C24H21N7O2. The van der Waals surface area contributed by atoms with Crippen LogP contribution in [0.5, 0.6) is 0 Å². The summed E-state index contributed by atoms with van der Waals surface area (Å²) in [6.45, 7) is 0.636. The summed E-state index contributed by atoms with van der Waals surface area (Å²) in [5.74, 6) is 0.518. The highest BCUT2D eigenvalue weighted by Crippen LogP contribution is 2.36. The van der Waals surface area contributed by atoms with Crippen molar-refractivity contribution < 1.29 is 9.53 Å². The van der Waals surface area contributed by atoms with E-state index in [1.165, 1.54) is 0 Å². The molecule has 1 aliphatic rings. The van der Waals surface area contributed by atoms with Crippen molar-refractivity contribution in [3.63, 3.8) is 0 Å². The first-order valence-corrected chi connectivity index (χ1v) is 10.5. The van der Waals surface area contributed by atoms with Gasteiger partial charge in [-0.3, -0.25) is 14.9 Å². The summed E-state index contributed by atoms with van der Waals surface area (Å²) in [6, 6.07) is 17.2. The number of ether oxygens (including phenoxy) is 1. The first kappa shape index (κ1) is 20.5. The predicted octanol–water partition coefficient (Wildman–Crippen LogP) is 3.82. The van der Waals surface area contributed by atoms with Crippen LogP contribution in [-0.2, 0) is 11.3 Å². The van der Waals surface area contributed by atoms with Crippen molar-refractivity contribution in [2.24, 2.45) is 0 Å². The molecule has 9 nitrogen and oxygen atoms in total. The number of rotatable bonds is 5. The van der Waals surface area contributed by atoms with E-state index in [1.807, 2.05) is 60.7 Å². The number of aromatic nitrogens is 6. The fraction of sp³-hybridized carbons (Fsp3) is 0.167. The second-order valence-electron chi connectivity index (χ2n) is 7.59. The smallest absolute Gasteiger partial charge is 0.410 e. The van der Waals surface area contributed by atoms with Gasteiger partial charge in [-0.25, -0.2) is 4.79 Å². The minimum absolute atomic E-state index is 0.213. The molecule has 1 N–H and O–H groups in total. The highest BCUT2D eigenvalue weighted by Gasteiger charge is 2.31. The van der Waals surface area contributed by atoms with E-state index in [4.69, 9.17) is 4.74 Å². The Balaban J connectivity index is 1.40. The van der Waals surface area contributed by atoms with E-state index in [0.29, 0.717) is 18.8 Å². The first-order chi connectivity index (χ1) is 16.3. The third-order valence-electron chi connectivity index (χ3n) is 5.55. The fourth-order valence-electron chi connectivity index (χ4n) is 3.85. The molecule has 1 aliphatic heterocycles. The maximum Gasteiger partial charge on any atom is 0.410 e. The molecule has 1 unspecified atom stereocenters. The molecule has 0 saturated heterocycles. The fourth-order valence-corrected chi connectivity index (χ4v) is 3.85. The molecule has 0 fully saturated rings. The molecule has 33 heavy (non-hydrogen) atoms. The average Bonchev–Trinajstić information content (AvgIpc) is 3.43. The predicted molar refractivity (Wildman–Crippen MR) is 120 cm³/mol. The van der Waals surface area contributed by atoms with E-state index in [9.17, 15) is 4.79 Å². The van der Waals surface area contributed by atoms with Crippen LogP contribution in [0.25, 0.3) is 17.0 Å². The van der Waals surface area contributed by atoms with E-state index in [0.717, 1.165) is 28.0 Å². The van der Waals surface area contributed by atoms with Crippen LogP contribution in [-0.4, -0.2) is 48.1 Å². The number of nitrogens with zero attached hydrogens (tertiary/aromatic N) is 6. The van der Waals surface area contributed by atoms with Crippen LogP contribution >= 0.6 is 0 Å². The molecule has 0 bridgehead atoms. The molecule has 5 rings (SSSR count). The topological polar surface area (TPSA) is 110 Å². The Morgan fingerprint density at radius 3 is 2.67 bits per heavy atom. The zero-order chi connectivity index (χ0) is 22.5. The van der Waals surface area contributed by atoms with Crippen molar-refractivity contribution in [2.45, 2.75) is 19.1 Å². The molecule has 9 heteroatoms. The highest BCUT2D eigenvalue weighted by atomic mass is 16.6. The number of aromatic amines is 1. The molecular weight excluding hydrogens is 418 g/mol. The van der Waals surface area contributed by atoms with Gasteiger partial charge >= 0.3 is 6.09 Å². The molecule has 3 heterocycles. The highest BCUT2D eigenvalue weighted by molar-refractivity contribution is 5.73. The van der Waals surface area contributed by atoms with Gasteiger partial charge in [0.1, 0.15) is 6.61 Å². The van der Waals surface area contributed by atoms with E-state index >= 15 is 0 Å². The van der Waals surface area contributed by atoms with Crippen molar-refractivity contribution in [1.82, 2.24) is 35.5 Å². The molecule has 0 aliphatic carbocycles. The van der Waals surface area contributed by atoms with Crippen molar-refractivity contribution in [3.8, 4) is 11.4 Å². The Hall–Kier alpha value is -4.40. The molecule has 2 aromatic heterocycles. The second-order valence-corrected chi connectivity index (χ2v) is 7.59. The normalized spacial score (nSPS) is 15.7. The third kappa shape index (κ3) is 4.62. The minimum Gasteiger partial charge on any atom is -0.445 e. The van der Waals surface area contributed by atoms with Crippen LogP contribution < -0.4 is 0 Å². The molecule has 4 aromatic rings. The second kappa shape index (κ2) is 9.39. The van der Waals surface area contributed by atoms with Gasteiger partial charge < -0.3 is 4.74 Å². The van der Waals surface area contributed by atoms with Crippen LogP contribution in [0.4, 0.5) is 4.79 Å². The van der Waals surface area contributed by atoms with E-state index in [-0.39, 0.29) is 18.7 Å².